The Balaban J connectivity index is 1.63. The number of nitrogens with zero attached hydrogens (tertiary/aromatic N) is 4. The standard InChI is InChI=1S/C24H27FN6O3S/c1-3-30(4-2)24(32)17-7-13-20(14-8-17)35(33,34)28-15-5-6-22-21(16-26)23(27)31(29-22)19-11-9-18(25)10-12-19/h7-14,28H,3-6,15,27H2,1-2H3. The van der Waals surface area contributed by atoms with E-state index in [0.717, 1.165) is 0 Å². The Hall–Kier alpha value is -3.75. The van der Waals surface area contributed by atoms with Crippen LogP contribution in [0.15, 0.2) is 53.4 Å². The lowest BCUT2D eigenvalue weighted by Gasteiger charge is -2.18. The molecule has 0 aliphatic carbocycles. The number of aryl methyl sites for hydroxylation is 1. The van der Waals surface area contributed by atoms with E-state index in [1.807, 2.05) is 19.9 Å². The predicted octanol–water partition coefficient (Wildman–Crippen LogP) is 2.86. The number of nitriles is 1. The number of sulfonamides is 1. The molecule has 1 heterocycles. The lowest BCUT2D eigenvalue weighted by molar-refractivity contribution is 0.0773. The van der Waals surface area contributed by atoms with Gasteiger partial charge >= 0.3 is 0 Å². The summed E-state index contributed by atoms with van der Waals surface area (Å²) in [6, 6.07) is 13.4. The Morgan fingerprint density at radius 2 is 1.77 bits per heavy atom. The number of hydrogen-bond donors (Lipinski definition) is 2. The SMILES string of the molecule is CCN(CC)C(=O)c1ccc(S(=O)(=O)NCCCc2nn(-c3ccc(F)cc3)c(N)c2C#N)cc1. The first kappa shape index (κ1) is 25.9. The fourth-order valence-corrected chi connectivity index (χ4v) is 4.64. The van der Waals surface area contributed by atoms with E-state index in [0.29, 0.717) is 42.9 Å². The van der Waals surface area contributed by atoms with Gasteiger partial charge in [-0.25, -0.2) is 22.2 Å². The molecule has 3 N–H and O–H groups in total. The third kappa shape index (κ3) is 5.85. The Bertz CT molecular complexity index is 1330. The largest absolute Gasteiger partial charge is 0.382 e. The minimum Gasteiger partial charge on any atom is -0.382 e. The van der Waals surface area contributed by atoms with E-state index in [1.165, 1.54) is 53.2 Å². The fraction of sp³-hybridized carbons (Fsp3) is 0.292. The maximum Gasteiger partial charge on any atom is 0.253 e. The van der Waals surface area contributed by atoms with Crippen molar-refractivity contribution in [1.29, 1.82) is 5.26 Å². The van der Waals surface area contributed by atoms with Crippen molar-refractivity contribution in [2.45, 2.75) is 31.6 Å². The Morgan fingerprint density at radius 3 is 2.34 bits per heavy atom. The van der Waals surface area contributed by atoms with Crippen molar-refractivity contribution in [2.24, 2.45) is 0 Å². The number of halogens is 1. The summed E-state index contributed by atoms with van der Waals surface area (Å²) in [5.74, 6) is -0.425. The van der Waals surface area contributed by atoms with Crippen molar-refractivity contribution in [1.82, 2.24) is 19.4 Å². The number of carbonyl (C=O) groups is 1. The summed E-state index contributed by atoms with van der Waals surface area (Å²) in [6.07, 6.45) is 0.674. The van der Waals surface area contributed by atoms with E-state index in [-0.39, 0.29) is 28.7 Å². The first-order chi connectivity index (χ1) is 16.7. The highest BCUT2D eigenvalue weighted by Crippen LogP contribution is 2.22. The summed E-state index contributed by atoms with van der Waals surface area (Å²) in [5.41, 5.74) is 7.61. The van der Waals surface area contributed by atoms with Gasteiger partial charge in [0, 0.05) is 25.2 Å². The van der Waals surface area contributed by atoms with Crippen LogP contribution in [-0.2, 0) is 16.4 Å². The molecule has 2 aromatic carbocycles. The number of benzene rings is 2. The maximum atomic E-state index is 13.2. The highest BCUT2D eigenvalue weighted by Gasteiger charge is 2.19. The monoisotopic (exact) mass is 498 g/mol. The minimum atomic E-state index is -3.78. The van der Waals surface area contributed by atoms with Gasteiger partial charge in [-0.3, -0.25) is 4.79 Å². The molecular weight excluding hydrogens is 471 g/mol. The van der Waals surface area contributed by atoms with E-state index in [2.05, 4.69) is 9.82 Å². The van der Waals surface area contributed by atoms with Crippen LogP contribution < -0.4 is 10.5 Å². The highest BCUT2D eigenvalue weighted by molar-refractivity contribution is 7.89. The average molecular weight is 499 g/mol. The van der Waals surface area contributed by atoms with E-state index >= 15 is 0 Å². The molecule has 1 aromatic heterocycles. The first-order valence-corrected chi connectivity index (χ1v) is 12.6. The van der Waals surface area contributed by atoms with Crippen LogP contribution in [0.3, 0.4) is 0 Å². The molecule has 1 amide bonds. The molecule has 0 saturated heterocycles. The number of aromatic nitrogens is 2. The summed E-state index contributed by atoms with van der Waals surface area (Å²) in [7, 11) is -3.78. The molecular formula is C24H27FN6O3S. The van der Waals surface area contributed by atoms with Crippen LogP contribution in [0.4, 0.5) is 10.2 Å². The molecule has 0 bridgehead atoms. The van der Waals surface area contributed by atoms with Gasteiger partial charge in [-0.1, -0.05) is 0 Å². The summed E-state index contributed by atoms with van der Waals surface area (Å²) in [5, 5.41) is 13.8. The molecule has 184 valence electrons. The predicted molar refractivity (Wildman–Crippen MR) is 130 cm³/mol. The quantitative estimate of drug-likeness (QED) is 0.413. The van der Waals surface area contributed by atoms with Gasteiger partial charge in [-0.05, 0) is 75.2 Å². The molecule has 0 fully saturated rings. The molecule has 3 aromatic rings. The number of nitrogens with two attached hydrogens (primary N) is 1. The Morgan fingerprint density at radius 1 is 1.14 bits per heavy atom. The second kappa shape index (κ2) is 11.1. The molecule has 0 radical (unpaired) electrons. The van der Waals surface area contributed by atoms with Crippen molar-refractivity contribution in [2.75, 3.05) is 25.4 Å². The maximum absolute atomic E-state index is 13.2. The van der Waals surface area contributed by atoms with Gasteiger partial charge in [0.25, 0.3) is 5.91 Å². The summed E-state index contributed by atoms with van der Waals surface area (Å²) < 4.78 is 42.4. The second-order valence-corrected chi connectivity index (χ2v) is 9.48. The normalized spacial score (nSPS) is 11.3. The summed E-state index contributed by atoms with van der Waals surface area (Å²) in [4.78, 5) is 14.1. The molecule has 3 rings (SSSR count). The number of carbonyl (C=O) groups excluding carboxylic acids is 1. The van der Waals surface area contributed by atoms with E-state index < -0.39 is 15.8 Å². The molecule has 0 spiro atoms. The number of amides is 1. The first-order valence-electron chi connectivity index (χ1n) is 11.1. The minimum absolute atomic E-state index is 0.0520. The van der Waals surface area contributed by atoms with Gasteiger partial charge in [0.05, 0.1) is 16.3 Å². The fourth-order valence-electron chi connectivity index (χ4n) is 3.57. The molecule has 11 heteroatoms. The third-order valence-corrected chi connectivity index (χ3v) is 7.00. The highest BCUT2D eigenvalue weighted by atomic mass is 32.2. The van der Waals surface area contributed by atoms with Crippen LogP contribution in [0, 0.1) is 17.1 Å². The zero-order valence-corrected chi connectivity index (χ0v) is 20.3. The molecule has 0 unspecified atom stereocenters. The third-order valence-electron chi connectivity index (χ3n) is 5.52. The van der Waals surface area contributed by atoms with Crippen molar-refractivity contribution >= 4 is 21.7 Å². The second-order valence-electron chi connectivity index (χ2n) is 7.71. The van der Waals surface area contributed by atoms with Crippen LogP contribution in [0.1, 0.15) is 41.9 Å². The van der Waals surface area contributed by atoms with E-state index in [9.17, 15) is 22.9 Å². The molecule has 0 aliphatic rings. The summed E-state index contributed by atoms with van der Waals surface area (Å²) >= 11 is 0. The van der Waals surface area contributed by atoms with Crippen molar-refractivity contribution < 1.29 is 17.6 Å². The molecule has 9 nitrogen and oxygen atoms in total. The number of nitrogens with one attached hydrogen (secondary N) is 1. The molecule has 0 atom stereocenters. The van der Waals surface area contributed by atoms with Gasteiger partial charge < -0.3 is 10.6 Å². The van der Waals surface area contributed by atoms with E-state index in [4.69, 9.17) is 5.73 Å². The number of rotatable bonds is 10. The van der Waals surface area contributed by atoms with Crippen molar-refractivity contribution in [3.63, 3.8) is 0 Å². The van der Waals surface area contributed by atoms with Crippen molar-refractivity contribution in [3.8, 4) is 11.8 Å². The molecule has 35 heavy (non-hydrogen) atoms. The van der Waals surface area contributed by atoms with Crippen LogP contribution in [0.25, 0.3) is 5.69 Å². The van der Waals surface area contributed by atoms with E-state index in [1.54, 1.807) is 4.90 Å². The van der Waals surface area contributed by atoms with Gasteiger partial charge in [-0.15, -0.1) is 0 Å². The van der Waals surface area contributed by atoms with Gasteiger partial charge in [0.2, 0.25) is 10.0 Å². The lowest BCUT2D eigenvalue weighted by Crippen LogP contribution is -2.30. The van der Waals surface area contributed by atoms with Crippen LogP contribution in [0.5, 0.6) is 0 Å². The number of anilines is 1. The van der Waals surface area contributed by atoms with Crippen LogP contribution >= 0.6 is 0 Å². The topological polar surface area (TPSA) is 134 Å². The Labute approximate surface area is 204 Å². The Kier molecular flexibility index (Phi) is 8.22. The summed E-state index contributed by atoms with van der Waals surface area (Å²) in [6.45, 7) is 5.00. The molecule has 0 saturated carbocycles. The van der Waals surface area contributed by atoms with Gasteiger partial charge in [0.1, 0.15) is 23.3 Å². The zero-order chi connectivity index (χ0) is 25.6. The number of nitrogen functional groups attached to an aromatic ring is 1. The van der Waals surface area contributed by atoms with Crippen molar-refractivity contribution in [3.05, 3.63) is 71.2 Å². The van der Waals surface area contributed by atoms with Crippen LogP contribution in [0.2, 0.25) is 0 Å². The lowest BCUT2D eigenvalue weighted by atomic mass is 10.1. The van der Waals surface area contributed by atoms with Gasteiger partial charge in [-0.2, -0.15) is 10.4 Å². The van der Waals surface area contributed by atoms with Gasteiger partial charge in [0.15, 0.2) is 0 Å². The smallest absolute Gasteiger partial charge is 0.253 e. The molecule has 0 aliphatic heterocycles. The number of hydrogen-bond acceptors (Lipinski definition) is 6. The zero-order valence-electron chi connectivity index (χ0n) is 19.5. The average Bonchev–Trinajstić information content (AvgIpc) is 3.18. The van der Waals surface area contributed by atoms with Crippen LogP contribution in [-0.4, -0.2) is 48.6 Å².